The van der Waals surface area contributed by atoms with E-state index in [1.165, 1.54) is 0 Å². The monoisotopic (exact) mass is 297 g/mol. The molecule has 0 bridgehead atoms. The third kappa shape index (κ3) is 4.71. The third-order valence-corrected chi connectivity index (χ3v) is 3.56. The number of nitrogens with zero attached hydrogens (tertiary/aromatic N) is 2. The molecule has 0 aromatic carbocycles. The number of rotatable bonds is 11. The van der Waals surface area contributed by atoms with E-state index in [-0.39, 0.29) is 12.1 Å². The minimum Gasteiger partial charge on any atom is -0.493 e. The number of hydrogen-bond acceptors (Lipinski definition) is 4. The molecular weight excluding hydrogens is 266 g/mol. The number of aryl methyl sites for hydroxylation is 1. The lowest BCUT2D eigenvalue weighted by atomic mass is 10.0. The average Bonchev–Trinajstić information content (AvgIpc) is 2.89. The Balaban J connectivity index is 3.13. The molecule has 21 heavy (non-hydrogen) atoms. The Morgan fingerprint density at radius 1 is 1.24 bits per heavy atom. The molecule has 122 valence electrons. The number of aromatic nitrogens is 2. The smallest absolute Gasteiger partial charge is 0.161 e. The minimum absolute atomic E-state index is 0.110. The van der Waals surface area contributed by atoms with Crippen molar-refractivity contribution in [2.75, 3.05) is 20.3 Å². The third-order valence-electron chi connectivity index (χ3n) is 3.56. The highest BCUT2D eigenvalue weighted by Crippen LogP contribution is 2.30. The first kappa shape index (κ1) is 18.0. The lowest BCUT2D eigenvalue weighted by Crippen LogP contribution is -2.36. The summed E-state index contributed by atoms with van der Waals surface area (Å²) in [6, 6.07) is 0.110. The van der Waals surface area contributed by atoms with Crippen molar-refractivity contribution < 1.29 is 9.47 Å². The summed E-state index contributed by atoms with van der Waals surface area (Å²) in [6.45, 7) is 11.1. The van der Waals surface area contributed by atoms with Gasteiger partial charge in [0, 0.05) is 13.2 Å². The quantitative estimate of drug-likeness (QED) is 0.681. The van der Waals surface area contributed by atoms with Crippen LogP contribution in [0.3, 0.4) is 0 Å². The summed E-state index contributed by atoms with van der Waals surface area (Å²) < 4.78 is 13.5. The van der Waals surface area contributed by atoms with Crippen LogP contribution in [-0.4, -0.2) is 36.1 Å². The van der Waals surface area contributed by atoms with E-state index in [0.717, 1.165) is 43.8 Å². The van der Waals surface area contributed by atoms with Gasteiger partial charge in [-0.15, -0.1) is 0 Å². The highest BCUT2D eigenvalue weighted by molar-refractivity contribution is 5.29. The number of hydrogen-bond donors (Lipinski definition) is 1. The normalized spacial score (nSPS) is 14.1. The van der Waals surface area contributed by atoms with Gasteiger partial charge in [-0.1, -0.05) is 20.8 Å². The maximum atomic E-state index is 5.95. The zero-order chi connectivity index (χ0) is 15.7. The van der Waals surface area contributed by atoms with Gasteiger partial charge in [-0.05, 0) is 32.7 Å². The van der Waals surface area contributed by atoms with Crippen LogP contribution in [0.4, 0.5) is 0 Å². The van der Waals surface area contributed by atoms with Crippen molar-refractivity contribution in [1.29, 1.82) is 0 Å². The van der Waals surface area contributed by atoms with E-state index in [1.807, 2.05) is 17.8 Å². The Morgan fingerprint density at radius 2 is 2.00 bits per heavy atom. The van der Waals surface area contributed by atoms with Crippen LogP contribution < -0.4 is 10.1 Å². The van der Waals surface area contributed by atoms with Gasteiger partial charge >= 0.3 is 0 Å². The van der Waals surface area contributed by atoms with Gasteiger partial charge in [0.1, 0.15) is 0 Å². The summed E-state index contributed by atoms with van der Waals surface area (Å²) in [5.41, 5.74) is 1.10. The molecule has 0 aliphatic heterocycles. The van der Waals surface area contributed by atoms with Crippen molar-refractivity contribution in [3.05, 3.63) is 11.9 Å². The maximum absolute atomic E-state index is 5.95. The Bertz CT molecular complexity index is 393. The van der Waals surface area contributed by atoms with Gasteiger partial charge in [0.2, 0.25) is 0 Å². The predicted octanol–water partition coefficient (Wildman–Crippen LogP) is 3.16. The molecule has 2 atom stereocenters. The molecule has 0 spiro atoms. The van der Waals surface area contributed by atoms with Crippen LogP contribution in [0.1, 0.15) is 58.7 Å². The Labute approximate surface area is 129 Å². The van der Waals surface area contributed by atoms with Gasteiger partial charge in [0.05, 0.1) is 31.1 Å². The molecular formula is C16H31N3O2. The van der Waals surface area contributed by atoms with Crippen LogP contribution in [0.2, 0.25) is 0 Å². The second kappa shape index (κ2) is 9.79. The topological polar surface area (TPSA) is 48.3 Å². The first-order valence-corrected chi connectivity index (χ1v) is 8.17. The molecule has 2 unspecified atom stereocenters. The zero-order valence-electron chi connectivity index (χ0n) is 14.2. The Kier molecular flexibility index (Phi) is 8.38. The summed E-state index contributed by atoms with van der Waals surface area (Å²) in [7, 11) is 1.70. The molecule has 5 heteroatoms. The summed E-state index contributed by atoms with van der Waals surface area (Å²) in [4.78, 5) is 0. The van der Waals surface area contributed by atoms with Crippen LogP contribution in [0.15, 0.2) is 6.20 Å². The van der Waals surface area contributed by atoms with E-state index in [4.69, 9.17) is 9.47 Å². The fourth-order valence-electron chi connectivity index (χ4n) is 2.61. The minimum atomic E-state index is 0.110. The van der Waals surface area contributed by atoms with E-state index < -0.39 is 0 Å². The van der Waals surface area contributed by atoms with Gasteiger partial charge in [-0.25, -0.2) is 0 Å². The SMILES string of the molecule is CCCNC(c1c(OC)cnn1CCC)C(CC)OCC. The van der Waals surface area contributed by atoms with Crippen LogP contribution in [0.25, 0.3) is 0 Å². The molecule has 1 aromatic heterocycles. The molecule has 0 aliphatic rings. The molecule has 0 saturated carbocycles. The summed E-state index contributed by atoms with van der Waals surface area (Å²) in [5.74, 6) is 0.843. The average molecular weight is 297 g/mol. The first-order chi connectivity index (χ1) is 10.2. The van der Waals surface area contributed by atoms with Crippen molar-refractivity contribution >= 4 is 0 Å². The fraction of sp³-hybridized carbons (Fsp3) is 0.812. The number of ether oxygens (including phenoxy) is 2. The molecule has 0 fully saturated rings. The molecule has 0 radical (unpaired) electrons. The van der Waals surface area contributed by atoms with Crippen LogP contribution >= 0.6 is 0 Å². The van der Waals surface area contributed by atoms with E-state index in [0.29, 0.717) is 6.61 Å². The predicted molar refractivity (Wildman–Crippen MR) is 85.8 cm³/mol. The Morgan fingerprint density at radius 3 is 2.52 bits per heavy atom. The lowest BCUT2D eigenvalue weighted by Gasteiger charge is -2.28. The maximum Gasteiger partial charge on any atom is 0.161 e. The second-order valence-corrected chi connectivity index (χ2v) is 5.16. The first-order valence-electron chi connectivity index (χ1n) is 8.17. The molecule has 0 amide bonds. The molecule has 1 aromatic rings. The van der Waals surface area contributed by atoms with Gasteiger partial charge in [0.15, 0.2) is 5.75 Å². The highest BCUT2D eigenvalue weighted by Gasteiger charge is 2.28. The molecule has 0 saturated heterocycles. The zero-order valence-corrected chi connectivity index (χ0v) is 14.2. The summed E-state index contributed by atoms with van der Waals surface area (Å²) in [6.07, 6.45) is 5.02. The van der Waals surface area contributed by atoms with Gasteiger partial charge < -0.3 is 14.8 Å². The summed E-state index contributed by atoms with van der Waals surface area (Å²) >= 11 is 0. The highest BCUT2D eigenvalue weighted by atomic mass is 16.5. The van der Waals surface area contributed by atoms with E-state index in [1.54, 1.807) is 7.11 Å². The van der Waals surface area contributed by atoms with Crippen molar-refractivity contribution in [3.8, 4) is 5.75 Å². The van der Waals surface area contributed by atoms with Gasteiger partial charge in [-0.2, -0.15) is 5.10 Å². The van der Waals surface area contributed by atoms with Crippen molar-refractivity contribution in [2.24, 2.45) is 0 Å². The van der Waals surface area contributed by atoms with Crippen molar-refractivity contribution in [1.82, 2.24) is 15.1 Å². The van der Waals surface area contributed by atoms with E-state index in [2.05, 4.69) is 31.2 Å². The van der Waals surface area contributed by atoms with E-state index >= 15 is 0 Å². The van der Waals surface area contributed by atoms with Crippen LogP contribution in [0, 0.1) is 0 Å². The summed E-state index contributed by atoms with van der Waals surface area (Å²) in [5, 5.41) is 8.09. The van der Waals surface area contributed by atoms with Gasteiger partial charge in [-0.3, -0.25) is 4.68 Å². The second-order valence-electron chi connectivity index (χ2n) is 5.16. The molecule has 1 N–H and O–H groups in total. The molecule has 1 rings (SSSR count). The molecule has 0 aliphatic carbocycles. The fourth-order valence-corrected chi connectivity index (χ4v) is 2.61. The standard InChI is InChI=1S/C16H31N3O2/c1-6-10-17-15(13(8-3)21-9-4)16-14(20-5)12-18-19(16)11-7-2/h12-13,15,17H,6-11H2,1-5H3. The van der Waals surface area contributed by atoms with Gasteiger partial charge in [0.25, 0.3) is 0 Å². The number of methoxy groups -OCH3 is 1. The number of nitrogens with one attached hydrogen (secondary N) is 1. The molecule has 1 heterocycles. The Hall–Kier alpha value is -1.07. The lowest BCUT2D eigenvalue weighted by molar-refractivity contribution is 0.0284. The van der Waals surface area contributed by atoms with E-state index in [9.17, 15) is 0 Å². The van der Waals surface area contributed by atoms with Crippen molar-refractivity contribution in [2.45, 2.75) is 65.6 Å². The largest absolute Gasteiger partial charge is 0.493 e. The molecule has 5 nitrogen and oxygen atoms in total. The van der Waals surface area contributed by atoms with Crippen LogP contribution in [0.5, 0.6) is 5.75 Å². The van der Waals surface area contributed by atoms with Crippen LogP contribution in [-0.2, 0) is 11.3 Å². The van der Waals surface area contributed by atoms with Crippen molar-refractivity contribution in [3.63, 3.8) is 0 Å².